The minimum atomic E-state index is -1.03. The van der Waals surface area contributed by atoms with Crippen LogP contribution in [0.3, 0.4) is 0 Å². The molecule has 114 valence electrons. The highest BCUT2D eigenvalue weighted by atomic mass is 16.5. The number of ether oxygens (including phenoxy) is 2. The topological polar surface area (TPSA) is 84.9 Å². The van der Waals surface area contributed by atoms with E-state index >= 15 is 0 Å². The van der Waals surface area contributed by atoms with Crippen molar-refractivity contribution in [3.8, 4) is 11.5 Å². The van der Waals surface area contributed by atoms with Crippen LogP contribution in [0.15, 0.2) is 24.3 Å². The number of carbonyl (C=O) groups is 2. The van der Waals surface area contributed by atoms with Crippen LogP contribution in [0.2, 0.25) is 0 Å². The van der Waals surface area contributed by atoms with Crippen LogP contribution in [0, 0.1) is 0 Å². The summed E-state index contributed by atoms with van der Waals surface area (Å²) in [6, 6.07) is 4.95. The van der Waals surface area contributed by atoms with E-state index in [0.717, 1.165) is 12.5 Å². The van der Waals surface area contributed by atoms with Gasteiger partial charge in [0.05, 0.1) is 7.11 Å². The monoisotopic (exact) mass is 293 g/mol. The molecule has 0 saturated carbocycles. The summed E-state index contributed by atoms with van der Waals surface area (Å²) < 4.78 is 10.6. The maximum Gasteiger partial charge on any atom is 0.328 e. The number of hydrogen-bond acceptors (Lipinski definition) is 4. The highest BCUT2D eigenvalue weighted by Crippen LogP contribution is 2.28. The Kier molecular flexibility index (Phi) is 6.80. The predicted octanol–water partition coefficient (Wildman–Crippen LogP) is 1.70. The summed E-state index contributed by atoms with van der Waals surface area (Å²) in [4.78, 5) is 21.9. The molecule has 1 rings (SSSR count). The van der Waals surface area contributed by atoms with E-state index in [0.29, 0.717) is 23.6 Å². The van der Waals surface area contributed by atoms with Gasteiger partial charge in [-0.15, -0.1) is 0 Å². The van der Waals surface area contributed by atoms with Crippen LogP contribution in [0.5, 0.6) is 11.5 Å². The largest absolute Gasteiger partial charge is 0.493 e. The van der Waals surface area contributed by atoms with Gasteiger partial charge in [-0.05, 0) is 30.2 Å². The van der Waals surface area contributed by atoms with Gasteiger partial charge in [0.15, 0.2) is 18.1 Å². The van der Waals surface area contributed by atoms with Crippen LogP contribution in [-0.4, -0.2) is 37.2 Å². The SMILES string of the molecule is CCCNC(=O)COc1ccc(/C=C/C(=O)O)cc1OC. The zero-order valence-electron chi connectivity index (χ0n) is 12.1. The molecule has 0 fully saturated rings. The lowest BCUT2D eigenvalue weighted by Gasteiger charge is -2.11. The summed E-state index contributed by atoms with van der Waals surface area (Å²) in [6.45, 7) is 2.48. The molecule has 0 heterocycles. The molecule has 0 saturated heterocycles. The van der Waals surface area contributed by atoms with Gasteiger partial charge < -0.3 is 19.9 Å². The first-order valence-corrected chi connectivity index (χ1v) is 6.55. The number of carboxylic acids is 1. The van der Waals surface area contributed by atoms with Crippen molar-refractivity contribution in [1.29, 1.82) is 0 Å². The smallest absolute Gasteiger partial charge is 0.328 e. The normalized spacial score (nSPS) is 10.4. The van der Waals surface area contributed by atoms with Crippen LogP contribution in [-0.2, 0) is 9.59 Å². The molecule has 6 nitrogen and oxygen atoms in total. The fourth-order valence-corrected chi connectivity index (χ4v) is 1.53. The van der Waals surface area contributed by atoms with Crippen LogP contribution in [0.25, 0.3) is 6.08 Å². The van der Waals surface area contributed by atoms with Gasteiger partial charge in [0.1, 0.15) is 0 Å². The molecule has 1 aromatic rings. The van der Waals surface area contributed by atoms with Crippen molar-refractivity contribution >= 4 is 18.0 Å². The fraction of sp³-hybridized carbons (Fsp3) is 0.333. The first-order valence-electron chi connectivity index (χ1n) is 6.55. The molecule has 1 amide bonds. The van der Waals surface area contributed by atoms with Crippen molar-refractivity contribution in [2.24, 2.45) is 0 Å². The maximum absolute atomic E-state index is 11.5. The zero-order chi connectivity index (χ0) is 15.7. The van der Waals surface area contributed by atoms with Crippen molar-refractivity contribution in [3.63, 3.8) is 0 Å². The molecule has 1 aromatic carbocycles. The second-order valence-corrected chi connectivity index (χ2v) is 4.22. The summed E-state index contributed by atoms with van der Waals surface area (Å²) in [6.07, 6.45) is 3.34. The Hall–Kier alpha value is -2.50. The first-order chi connectivity index (χ1) is 10.1. The second-order valence-electron chi connectivity index (χ2n) is 4.22. The standard InChI is InChI=1S/C15H19NO5/c1-3-8-16-14(17)10-21-12-6-4-11(5-7-15(18)19)9-13(12)20-2/h4-7,9H,3,8,10H2,1-2H3,(H,16,17)(H,18,19)/b7-5+. The van der Waals surface area contributed by atoms with E-state index < -0.39 is 5.97 Å². The summed E-state index contributed by atoms with van der Waals surface area (Å²) in [7, 11) is 1.48. The minimum absolute atomic E-state index is 0.0966. The summed E-state index contributed by atoms with van der Waals surface area (Å²) in [5.41, 5.74) is 0.664. The quantitative estimate of drug-likeness (QED) is 0.713. The molecule has 0 bridgehead atoms. The molecular weight excluding hydrogens is 274 g/mol. The van der Waals surface area contributed by atoms with E-state index in [4.69, 9.17) is 14.6 Å². The van der Waals surface area contributed by atoms with Gasteiger partial charge in [-0.2, -0.15) is 0 Å². The van der Waals surface area contributed by atoms with E-state index in [1.807, 2.05) is 6.92 Å². The third-order valence-electron chi connectivity index (χ3n) is 2.54. The summed E-state index contributed by atoms with van der Waals surface area (Å²) in [5.74, 6) is -0.363. The molecule has 21 heavy (non-hydrogen) atoms. The van der Waals surface area contributed by atoms with Gasteiger partial charge in [-0.1, -0.05) is 13.0 Å². The lowest BCUT2D eigenvalue weighted by molar-refractivity contribution is -0.131. The molecule has 0 radical (unpaired) electrons. The Labute approximate surface area is 123 Å². The van der Waals surface area contributed by atoms with Crippen LogP contribution in [0.4, 0.5) is 0 Å². The average Bonchev–Trinajstić information content (AvgIpc) is 2.48. The summed E-state index contributed by atoms with van der Waals surface area (Å²) >= 11 is 0. The lowest BCUT2D eigenvalue weighted by Crippen LogP contribution is -2.29. The fourth-order valence-electron chi connectivity index (χ4n) is 1.53. The number of nitrogens with one attached hydrogen (secondary N) is 1. The second kappa shape index (κ2) is 8.63. The Balaban J connectivity index is 2.70. The van der Waals surface area contributed by atoms with Crippen molar-refractivity contribution in [3.05, 3.63) is 29.8 Å². The van der Waals surface area contributed by atoms with Gasteiger partial charge in [0, 0.05) is 12.6 Å². The number of aliphatic carboxylic acids is 1. The van der Waals surface area contributed by atoms with Crippen molar-refractivity contribution in [2.45, 2.75) is 13.3 Å². The first kappa shape index (κ1) is 16.6. The Morgan fingerprint density at radius 1 is 1.33 bits per heavy atom. The third-order valence-corrected chi connectivity index (χ3v) is 2.54. The number of carbonyl (C=O) groups excluding carboxylic acids is 1. The van der Waals surface area contributed by atoms with E-state index in [-0.39, 0.29) is 12.5 Å². The highest BCUT2D eigenvalue weighted by Gasteiger charge is 2.07. The Morgan fingerprint density at radius 2 is 2.10 bits per heavy atom. The van der Waals surface area contributed by atoms with Gasteiger partial charge in [-0.25, -0.2) is 4.79 Å². The number of hydrogen-bond donors (Lipinski definition) is 2. The van der Waals surface area contributed by atoms with Gasteiger partial charge >= 0.3 is 5.97 Å². The number of rotatable bonds is 8. The van der Waals surface area contributed by atoms with Crippen LogP contribution >= 0.6 is 0 Å². The highest BCUT2D eigenvalue weighted by molar-refractivity contribution is 5.85. The summed E-state index contributed by atoms with van der Waals surface area (Å²) in [5, 5.41) is 11.3. The number of amides is 1. The zero-order valence-corrected chi connectivity index (χ0v) is 12.1. The van der Waals surface area contributed by atoms with E-state index in [9.17, 15) is 9.59 Å². The Bertz CT molecular complexity index is 525. The van der Waals surface area contributed by atoms with Gasteiger partial charge in [-0.3, -0.25) is 4.79 Å². The predicted molar refractivity (Wildman–Crippen MR) is 78.5 cm³/mol. The molecule has 0 aliphatic heterocycles. The van der Waals surface area contributed by atoms with Gasteiger partial charge in [0.2, 0.25) is 0 Å². The van der Waals surface area contributed by atoms with Crippen LogP contribution in [0.1, 0.15) is 18.9 Å². The van der Waals surface area contributed by atoms with Crippen molar-refractivity contribution < 1.29 is 24.2 Å². The van der Waals surface area contributed by atoms with E-state index in [1.54, 1.807) is 18.2 Å². The van der Waals surface area contributed by atoms with Gasteiger partial charge in [0.25, 0.3) is 5.91 Å². The molecule has 0 spiro atoms. The number of methoxy groups -OCH3 is 1. The molecule has 0 aromatic heterocycles. The molecule has 6 heteroatoms. The van der Waals surface area contributed by atoms with Crippen LogP contribution < -0.4 is 14.8 Å². The maximum atomic E-state index is 11.5. The molecule has 0 aliphatic rings. The minimum Gasteiger partial charge on any atom is -0.493 e. The number of benzene rings is 1. The number of carboxylic acid groups (broad SMARTS) is 1. The Morgan fingerprint density at radius 3 is 2.71 bits per heavy atom. The molecule has 2 N–H and O–H groups in total. The van der Waals surface area contributed by atoms with Crippen molar-refractivity contribution in [1.82, 2.24) is 5.32 Å². The lowest BCUT2D eigenvalue weighted by atomic mass is 10.2. The molecule has 0 unspecified atom stereocenters. The van der Waals surface area contributed by atoms with E-state index in [2.05, 4.69) is 5.32 Å². The van der Waals surface area contributed by atoms with E-state index in [1.165, 1.54) is 13.2 Å². The van der Waals surface area contributed by atoms with Crippen molar-refractivity contribution in [2.75, 3.05) is 20.3 Å². The molecule has 0 aliphatic carbocycles. The molecular formula is C15H19NO5. The average molecular weight is 293 g/mol. The molecule has 0 atom stereocenters. The third kappa shape index (κ3) is 5.99.